The molecule has 2 unspecified atom stereocenters. The smallest absolute Gasteiger partial charge is 0.0469 e. The van der Waals surface area contributed by atoms with Crippen LogP contribution in [0.15, 0.2) is 0 Å². The van der Waals surface area contributed by atoms with Crippen LogP contribution in [0, 0.1) is 5.92 Å². The Kier molecular flexibility index (Phi) is 4.79. The summed E-state index contributed by atoms with van der Waals surface area (Å²) in [6, 6.07) is 1.24. The number of nitrogens with zero attached hydrogens (tertiary/aromatic N) is 2. The lowest BCUT2D eigenvalue weighted by molar-refractivity contribution is 0.0192. The van der Waals surface area contributed by atoms with Crippen LogP contribution in [0.5, 0.6) is 0 Å². The van der Waals surface area contributed by atoms with E-state index in [2.05, 4.69) is 36.3 Å². The van der Waals surface area contributed by atoms with Gasteiger partial charge in [-0.3, -0.25) is 0 Å². The zero-order valence-electron chi connectivity index (χ0n) is 11.5. The molecule has 2 saturated heterocycles. The Balaban J connectivity index is 1.99. The van der Waals surface area contributed by atoms with Crippen LogP contribution in [-0.2, 0) is 4.74 Å². The maximum Gasteiger partial charge on any atom is 0.0469 e. The largest absolute Gasteiger partial charge is 0.381 e. The summed E-state index contributed by atoms with van der Waals surface area (Å²) in [4.78, 5) is 4.85. The van der Waals surface area contributed by atoms with Crippen molar-refractivity contribution in [2.24, 2.45) is 5.92 Å². The zero-order chi connectivity index (χ0) is 12.3. The summed E-state index contributed by atoms with van der Waals surface area (Å²) in [5, 5.41) is 3.70. The van der Waals surface area contributed by atoms with E-state index < -0.39 is 0 Å². The Labute approximate surface area is 105 Å². The summed E-state index contributed by atoms with van der Waals surface area (Å²) in [6.07, 6.45) is 2.43. The van der Waals surface area contributed by atoms with E-state index in [9.17, 15) is 0 Å². The molecule has 2 fully saturated rings. The molecule has 2 aliphatic heterocycles. The van der Waals surface area contributed by atoms with Crippen molar-refractivity contribution in [3.8, 4) is 0 Å². The standard InChI is InChI=1S/C13H27N3O/c1-15(2)13(11-4-8-17-9-5-11)12-10-16(3)7-6-14-12/h11-14H,4-10H2,1-3H3. The first-order valence-corrected chi connectivity index (χ1v) is 6.84. The Morgan fingerprint density at radius 3 is 2.59 bits per heavy atom. The maximum atomic E-state index is 5.49. The monoisotopic (exact) mass is 241 g/mol. The predicted octanol–water partition coefficient (Wildman–Crippen LogP) is 0.247. The number of ether oxygens (including phenoxy) is 1. The van der Waals surface area contributed by atoms with E-state index in [0.717, 1.165) is 25.7 Å². The van der Waals surface area contributed by atoms with Crippen molar-refractivity contribution in [3.63, 3.8) is 0 Å². The molecule has 0 radical (unpaired) electrons. The van der Waals surface area contributed by atoms with Crippen molar-refractivity contribution in [1.82, 2.24) is 15.1 Å². The summed E-state index contributed by atoms with van der Waals surface area (Å²) in [7, 11) is 6.66. The molecule has 2 heterocycles. The van der Waals surface area contributed by atoms with Gasteiger partial charge in [-0.1, -0.05) is 0 Å². The lowest BCUT2D eigenvalue weighted by Crippen LogP contribution is -2.60. The number of rotatable bonds is 3. The van der Waals surface area contributed by atoms with Gasteiger partial charge in [-0.2, -0.15) is 0 Å². The van der Waals surface area contributed by atoms with E-state index in [1.165, 1.54) is 25.9 Å². The fraction of sp³-hybridized carbons (Fsp3) is 1.00. The first-order chi connectivity index (χ1) is 8.18. The van der Waals surface area contributed by atoms with Crippen LogP contribution in [0.1, 0.15) is 12.8 Å². The minimum absolute atomic E-state index is 0.604. The summed E-state index contributed by atoms with van der Waals surface area (Å²) >= 11 is 0. The first kappa shape index (κ1) is 13.3. The highest BCUT2D eigenvalue weighted by Gasteiger charge is 2.34. The number of nitrogens with one attached hydrogen (secondary N) is 1. The quantitative estimate of drug-likeness (QED) is 0.766. The topological polar surface area (TPSA) is 27.7 Å². The molecule has 0 saturated carbocycles. The van der Waals surface area contributed by atoms with Crippen molar-refractivity contribution in [2.75, 3.05) is 54.0 Å². The normalized spacial score (nSPS) is 30.7. The number of piperazine rings is 1. The Bertz CT molecular complexity index is 229. The molecule has 0 aromatic carbocycles. The second kappa shape index (κ2) is 6.14. The van der Waals surface area contributed by atoms with Gasteiger partial charge in [0.15, 0.2) is 0 Å². The van der Waals surface area contributed by atoms with Gasteiger partial charge in [0.2, 0.25) is 0 Å². The van der Waals surface area contributed by atoms with Crippen molar-refractivity contribution in [3.05, 3.63) is 0 Å². The average Bonchev–Trinajstić information content (AvgIpc) is 2.30. The molecular weight excluding hydrogens is 214 g/mol. The van der Waals surface area contributed by atoms with Gasteiger partial charge in [-0.25, -0.2) is 0 Å². The molecule has 0 aromatic rings. The van der Waals surface area contributed by atoms with Crippen LogP contribution in [0.4, 0.5) is 0 Å². The van der Waals surface area contributed by atoms with Gasteiger partial charge in [-0.15, -0.1) is 0 Å². The second-order valence-electron chi connectivity index (χ2n) is 5.73. The molecule has 0 spiro atoms. The minimum Gasteiger partial charge on any atom is -0.381 e. The highest BCUT2D eigenvalue weighted by Crippen LogP contribution is 2.24. The maximum absolute atomic E-state index is 5.49. The molecule has 0 bridgehead atoms. The molecular formula is C13H27N3O. The summed E-state index contributed by atoms with van der Waals surface area (Å²) in [5.41, 5.74) is 0. The minimum atomic E-state index is 0.604. The van der Waals surface area contributed by atoms with Crippen LogP contribution in [0.25, 0.3) is 0 Å². The number of hydrogen-bond donors (Lipinski definition) is 1. The predicted molar refractivity (Wildman–Crippen MR) is 70.3 cm³/mol. The van der Waals surface area contributed by atoms with Gasteiger partial charge >= 0.3 is 0 Å². The highest BCUT2D eigenvalue weighted by molar-refractivity contribution is 4.92. The van der Waals surface area contributed by atoms with E-state index in [1.54, 1.807) is 0 Å². The third-order valence-corrected chi connectivity index (χ3v) is 4.17. The molecule has 100 valence electrons. The Hall–Kier alpha value is -0.160. The molecule has 2 rings (SSSR count). The van der Waals surface area contributed by atoms with Gasteiger partial charge in [-0.05, 0) is 39.9 Å². The first-order valence-electron chi connectivity index (χ1n) is 6.84. The summed E-state index contributed by atoms with van der Waals surface area (Å²) in [5.74, 6) is 0.780. The van der Waals surface area contributed by atoms with E-state index in [0.29, 0.717) is 12.1 Å². The van der Waals surface area contributed by atoms with Crippen molar-refractivity contribution < 1.29 is 4.74 Å². The third-order valence-electron chi connectivity index (χ3n) is 4.17. The Morgan fingerprint density at radius 1 is 1.29 bits per heavy atom. The molecule has 4 heteroatoms. The van der Waals surface area contributed by atoms with E-state index in [-0.39, 0.29) is 0 Å². The fourth-order valence-electron chi connectivity index (χ4n) is 3.33. The van der Waals surface area contributed by atoms with Crippen molar-refractivity contribution in [1.29, 1.82) is 0 Å². The highest BCUT2D eigenvalue weighted by atomic mass is 16.5. The van der Waals surface area contributed by atoms with E-state index in [4.69, 9.17) is 4.74 Å². The molecule has 4 nitrogen and oxygen atoms in total. The van der Waals surface area contributed by atoms with Gasteiger partial charge in [0.25, 0.3) is 0 Å². The SMILES string of the molecule is CN1CCNC(C(C2CCOCC2)N(C)C)C1. The number of likely N-dealkylation sites (N-methyl/N-ethyl adjacent to an activating group) is 2. The molecule has 2 aliphatic rings. The Morgan fingerprint density at radius 2 is 2.00 bits per heavy atom. The summed E-state index contributed by atoms with van der Waals surface area (Å²) in [6.45, 7) is 5.34. The number of hydrogen-bond acceptors (Lipinski definition) is 4. The van der Waals surface area contributed by atoms with Crippen molar-refractivity contribution in [2.45, 2.75) is 24.9 Å². The van der Waals surface area contributed by atoms with Crippen LogP contribution >= 0.6 is 0 Å². The van der Waals surface area contributed by atoms with Gasteiger partial charge in [0.05, 0.1) is 0 Å². The van der Waals surface area contributed by atoms with Crippen LogP contribution in [0.3, 0.4) is 0 Å². The molecule has 17 heavy (non-hydrogen) atoms. The van der Waals surface area contributed by atoms with Gasteiger partial charge in [0.1, 0.15) is 0 Å². The van der Waals surface area contributed by atoms with Crippen LogP contribution in [-0.4, -0.2) is 75.9 Å². The van der Waals surface area contributed by atoms with Crippen LogP contribution < -0.4 is 5.32 Å². The molecule has 1 N–H and O–H groups in total. The lowest BCUT2D eigenvalue weighted by Gasteiger charge is -2.43. The van der Waals surface area contributed by atoms with E-state index in [1.807, 2.05) is 0 Å². The second-order valence-corrected chi connectivity index (χ2v) is 5.73. The summed E-state index contributed by atoms with van der Waals surface area (Å²) < 4.78 is 5.49. The molecule has 2 atom stereocenters. The molecule has 0 aromatic heterocycles. The average molecular weight is 241 g/mol. The lowest BCUT2D eigenvalue weighted by atomic mass is 9.85. The zero-order valence-corrected chi connectivity index (χ0v) is 11.5. The van der Waals surface area contributed by atoms with Gasteiger partial charge in [0, 0.05) is 44.9 Å². The van der Waals surface area contributed by atoms with Crippen LogP contribution in [0.2, 0.25) is 0 Å². The van der Waals surface area contributed by atoms with E-state index >= 15 is 0 Å². The fourth-order valence-corrected chi connectivity index (χ4v) is 3.33. The van der Waals surface area contributed by atoms with Crippen molar-refractivity contribution >= 4 is 0 Å². The third kappa shape index (κ3) is 3.41. The molecule has 0 aliphatic carbocycles. The molecule has 0 amide bonds. The van der Waals surface area contributed by atoms with Gasteiger partial charge < -0.3 is 19.9 Å².